The molecular formula is C12H17ClN2OS. The number of carbonyl (C=O) groups excluding carboxylic acids is 1. The largest absolute Gasteiger partial charge is 0.399 e. The van der Waals surface area contributed by atoms with Crippen molar-refractivity contribution < 1.29 is 4.79 Å². The van der Waals surface area contributed by atoms with E-state index in [1.54, 1.807) is 30.0 Å². The van der Waals surface area contributed by atoms with Crippen molar-refractivity contribution in [2.75, 3.05) is 17.2 Å². The van der Waals surface area contributed by atoms with Gasteiger partial charge in [0.25, 0.3) is 5.91 Å². The van der Waals surface area contributed by atoms with Gasteiger partial charge in [-0.05, 0) is 30.9 Å². The van der Waals surface area contributed by atoms with Crippen LogP contribution in [0.4, 0.5) is 5.69 Å². The third-order valence-corrected chi connectivity index (χ3v) is 3.64. The molecule has 1 aromatic rings. The molecule has 0 spiro atoms. The molecule has 0 saturated heterocycles. The molecule has 0 radical (unpaired) electrons. The Kier molecular flexibility index (Phi) is 5.65. The number of anilines is 1. The van der Waals surface area contributed by atoms with Crippen molar-refractivity contribution in [2.24, 2.45) is 0 Å². The van der Waals surface area contributed by atoms with Crippen molar-refractivity contribution in [3.8, 4) is 0 Å². The zero-order chi connectivity index (χ0) is 12.8. The van der Waals surface area contributed by atoms with Crippen LogP contribution in [0.2, 0.25) is 5.02 Å². The zero-order valence-electron chi connectivity index (χ0n) is 10.00. The third-order valence-electron chi connectivity index (χ3n) is 2.19. The standard InChI is InChI=1S/C12H17ClN2OS/c1-3-17-7-8(2)15-12(16)10-5-4-9(14)6-11(10)13/h4-6,8H,3,7,14H2,1-2H3,(H,15,16). The van der Waals surface area contributed by atoms with Gasteiger partial charge >= 0.3 is 0 Å². The van der Waals surface area contributed by atoms with Gasteiger partial charge in [-0.3, -0.25) is 4.79 Å². The molecule has 0 aliphatic carbocycles. The Labute approximate surface area is 111 Å². The Morgan fingerprint density at radius 1 is 1.59 bits per heavy atom. The summed E-state index contributed by atoms with van der Waals surface area (Å²) in [5.74, 6) is 1.79. The first kappa shape index (κ1) is 14.2. The van der Waals surface area contributed by atoms with Crippen molar-refractivity contribution in [2.45, 2.75) is 19.9 Å². The van der Waals surface area contributed by atoms with Crippen LogP contribution in [0.25, 0.3) is 0 Å². The first-order chi connectivity index (χ1) is 8.04. The average Bonchev–Trinajstić information content (AvgIpc) is 2.26. The monoisotopic (exact) mass is 272 g/mol. The number of carbonyl (C=O) groups is 1. The van der Waals surface area contributed by atoms with Gasteiger partial charge in [-0.1, -0.05) is 18.5 Å². The highest BCUT2D eigenvalue weighted by Crippen LogP contribution is 2.19. The van der Waals surface area contributed by atoms with E-state index in [1.807, 2.05) is 6.92 Å². The SMILES string of the molecule is CCSCC(C)NC(=O)c1ccc(N)cc1Cl. The van der Waals surface area contributed by atoms with E-state index in [-0.39, 0.29) is 11.9 Å². The predicted octanol–water partition coefficient (Wildman–Crippen LogP) is 2.79. The molecule has 0 saturated carbocycles. The minimum Gasteiger partial charge on any atom is -0.399 e. The van der Waals surface area contributed by atoms with Crippen LogP contribution in [0.3, 0.4) is 0 Å². The summed E-state index contributed by atoms with van der Waals surface area (Å²) < 4.78 is 0. The molecule has 17 heavy (non-hydrogen) atoms. The molecule has 3 N–H and O–H groups in total. The summed E-state index contributed by atoms with van der Waals surface area (Å²) in [6, 6.07) is 5.03. The number of thioether (sulfide) groups is 1. The van der Waals surface area contributed by atoms with Gasteiger partial charge in [-0.15, -0.1) is 0 Å². The van der Waals surface area contributed by atoms with Crippen molar-refractivity contribution in [1.82, 2.24) is 5.32 Å². The lowest BCUT2D eigenvalue weighted by Gasteiger charge is -2.13. The highest BCUT2D eigenvalue weighted by atomic mass is 35.5. The van der Waals surface area contributed by atoms with Crippen LogP contribution in [-0.4, -0.2) is 23.5 Å². The van der Waals surface area contributed by atoms with Gasteiger partial charge in [-0.2, -0.15) is 11.8 Å². The predicted molar refractivity (Wildman–Crippen MR) is 75.8 cm³/mol. The molecule has 1 atom stereocenters. The molecule has 0 heterocycles. The van der Waals surface area contributed by atoms with E-state index in [4.69, 9.17) is 17.3 Å². The number of nitrogens with two attached hydrogens (primary N) is 1. The van der Waals surface area contributed by atoms with E-state index in [0.29, 0.717) is 16.3 Å². The summed E-state index contributed by atoms with van der Waals surface area (Å²) >= 11 is 7.76. The summed E-state index contributed by atoms with van der Waals surface area (Å²) in [6.45, 7) is 4.07. The Morgan fingerprint density at radius 3 is 2.88 bits per heavy atom. The quantitative estimate of drug-likeness (QED) is 0.811. The van der Waals surface area contributed by atoms with Crippen LogP contribution in [-0.2, 0) is 0 Å². The molecule has 0 aliphatic heterocycles. The molecule has 1 unspecified atom stereocenters. The van der Waals surface area contributed by atoms with Crippen LogP contribution < -0.4 is 11.1 Å². The highest BCUT2D eigenvalue weighted by molar-refractivity contribution is 7.99. The van der Waals surface area contributed by atoms with Crippen LogP contribution in [0.1, 0.15) is 24.2 Å². The maximum Gasteiger partial charge on any atom is 0.253 e. The smallest absolute Gasteiger partial charge is 0.253 e. The molecule has 1 aromatic carbocycles. The maximum atomic E-state index is 11.9. The third kappa shape index (κ3) is 4.48. The summed E-state index contributed by atoms with van der Waals surface area (Å²) in [5, 5.41) is 3.29. The Morgan fingerprint density at radius 2 is 2.29 bits per heavy atom. The fourth-order valence-corrected chi connectivity index (χ4v) is 2.30. The number of amides is 1. The minimum absolute atomic E-state index is 0.126. The van der Waals surface area contributed by atoms with Gasteiger partial charge in [0.15, 0.2) is 0 Å². The molecule has 94 valence electrons. The Bertz CT molecular complexity index is 398. The summed E-state index contributed by atoms with van der Waals surface area (Å²) in [6.07, 6.45) is 0. The van der Waals surface area contributed by atoms with E-state index in [2.05, 4.69) is 12.2 Å². The molecular weight excluding hydrogens is 256 g/mol. The number of benzene rings is 1. The van der Waals surface area contributed by atoms with Gasteiger partial charge in [0.2, 0.25) is 0 Å². The molecule has 0 fully saturated rings. The first-order valence-electron chi connectivity index (χ1n) is 5.48. The maximum absolute atomic E-state index is 11.9. The van der Waals surface area contributed by atoms with Crippen LogP contribution in [0.5, 0.6) is 0 Å². The normalized spacial score (nSPS) is 12.2. The number of rotatable bonds is 5. The van der Waals surface area contributed by atoms with Gasteiger partial charge in [0.05, 0.1) is 10.6 Å². The first-order valence-corrected chi connectivity index (χ1v) is 7.01. The highest BCUT2D eigenvalue weighted by Gasteiger charge is 2.12. The zero-order valence-corrected chi connectivity index (χ0v) is 11.6. The fourth-order valence-electron chi connectivity index (χ4n) is 1.35. The van der Waals surface area contributed by atoms with Crippen molar-refractivity contribution in [1.29, 1.82) is 0 Å². The minimum atomic E-state index is -0.154. The van der Waals surface area contributed by atoms with Crippen molar-refractivity contribution in [3.63, 3.8) is 0 Å². The lowest BCUT2D eigenvalue weighted by atomic mass is 10.2. The number of halogens is 1. The second-order valence-corrected chi connectivity index (χ2v) is 5.50. The average molecular weight is 273 g/mol. The molecule has 0 aliphatic rings. The molecule has 5 heteroatoms. The molecule has 3 nitrogen and oxygen atoms in total. The van der Waals surface area contributed by atoms with E-state index in [1.165, 1.54) is 0 Å². The lowest BCUT2D eigenvalue weighted by molar-refractivity contribution is 0.0944. The van der Waals surface area contributed by atoms with E-state index in [0.717, 1.165) is 11.5 Å². The molecule has 1 rings (SSSR count). The molecule has 0 bridgehead atoms. The van der Waals surface area contributed by atoms with Gasteiger partial charge < -0.3 is 11.1 Å². The summed E-state index contributed by atoms with van der Waals surface area (Å²) in [7, 11) is 0. The van der Waals surface area contributed by atoms with Gasteiger partial charge in [0.1, 0.15) is 0 Å². The second kappa shape index (κ2) is 6.77. The lowest BCUT2D eigenvalue weighted by Crippen LogP contribution is -2.34. The van der Waals surface area contributed by atoms with Crippen LogP contribution in [0.15, 0.2) is 18.2 Å². The van der Waals surface area contributed by atoms with Gasteiger partial charge in [-0.25, -0.2) is 0 Å². The summed E-state index contributed by atoms with van der Waals surface area (Å²) in [5.41, 5.74) is 6.60. The second-order valence-electron chi connectivity index (χ2n) is 3.77. The van der Waals surface area contributed by atoms with Crippen LogP contribution in [0, 0.1) is 0 Å². The van der Waals surface area contributed by atoms with Gasteiger partial charge in [0, 0.05) is 17.5 Å². The number of nitrogens with one attached hydrogen (secondary N) is 1. The molecule has 1 amide bonds. The van der Waals surface area contributed by atoms with Crippen molar-refractivity contribution in [3.05, 3.63) is 28.8 Å². The Hall–Kier alpha value is -0.870. The number of nitrogen functional groups attached to an aromatic ring is 1. The Balaban J connectivity index is 2.63. The number of hydrogen-bond acceptors (Lipinski definition) is 3. The van der Waals surface area contributed by atoms with Crippen LogP contribution >= 0.6 is 23.4 Å². The topological polar surface area (TPSA) is 55.1 Å². The number of hydrogen-bond donors (Lipinski definition) is 2. The van der Waals surface area contributed by atoms with Crippen molar-refractivity contribution >= 4 is 35.0 Å². The van der Waals surface area contributed by atoms with E-state index < -0.39 is 0 Å². The van der Waals surface area contributed by atoms with E-state index >= 15 is 0 Å². The summed E-state index contributed by atoms with van der Waals surface area (Å²) in [4.78, 5) is 11.9. The van der Waals surface area contributed by atoms with E-state index in [9.17, 15) is 4.79 Å². The fraction of sp³-hybridized carbons (Fsp3) is 0.417. The molecule has 0 aromatic heterocycles.